The van der Waals surface area contributed by atoms with E-state index in [9.17, 15) is 14.0 Å². The van der Waals surface area contributed by atoms with E-state index in [1.54, 1.807) is 6.07 Å². The number of hydrogen-bond donors (Lipinski definition) is 1. The molecule has 0 aliphatic rings. The first-order valence-corrected chi connectivity index (χ1v) is 6.13. The fourth-order valence-electron chi connectivity index (χ4n) is 1.66. The second-order valence-corrected chi connectivity index (χ2v) is 4.31. The van der Waals surface area contributed by atoms with Gasteiger partial charge in [0.2, 0.25) is 5.91 Å². The molecule has 0 aliphatic carbocycles. The molecule has 1 heterocycles. The van der Waals surface area contributed by atoms with E-state index in [0.29, 0.717) is 5.69 Å². The molecule has 0 spiro atoms. The Morgan fingerprint density at radius 1 is 1.33 bits per heavy atom. The van der Waals surface area contributed by atoms with Crippen LogP contribution < -0.4 is 5.32 Å². The van der Waals surface area contributed by atoms with Gasteiger partial charge in [-0.3, -0.25) is 14.6 Å². The minimum Gasteiger partial charge on any atom is -0.331 e. The van der Waals surface area contributed by atoms with Crippen molar-refractivity contribution >= 4 is 17.5 Å². The van der Waals surface area contributed by atoms with Crippen molar-refractivity contribution in [2.75, 3.05) is 18.9 Å². The first-order chi connectivity index (χ1) is 10.1. The zero-order valence-electron chi connectivity index (χ0n) is 11.3. The summed E-state index contributed by atoms with van der Waals surface area (Å²) in [5.41, 5.74) is 0.485. The lowest BCUT2D eigenvalue weighted by Crippen LogP contribution is -2.35. The Kier molecular flexibility index (Phi) is 4.55. The predicted octanol–water partition coefficient (Wildman–Crippen LogP) is 1.33. The highest BCUT2D eigenvalue weighted by Crippen LogP contribution is 2.09. The number of carbonyl (C=O) groups excluding carboxylic acids is 2. The Labute approximate surface area is 120 Å². The van der Waals surface area contributed by atoms with Crippen LogP contribution in [-0.4, -0.2) is 40.3 Å². The van der Waals surface area contributed by atoms with Crippen molar-refractivity contribution in [1.29, 1.82) is 0 Å². The average molecular weight is 288 g/mol. The van der Waals surface area contributed by atoms with Crippen molar-refractivity contribution in [2.24, 2.45) is 0 Å². The van der Waals surface area contributed by atoms with Gasteiger partial charge in [0.05, 0.1) is 12.7 Å². The summed E-state index contributed by atoms with van der Waals surface area (Å²) in [4.78, 5) is 32.6. The van der Waals surface area contributed by atoms with Crippen molar-refractivity contribution in [3.05, 3.63) is 54.4 Å². The first-order valence-electron chi connectivity index (χ1n) is 6.13. The number of hydrogen-bond acceptors (Lipinski definition) is 4. The van der Waals surface area contributed by atoms with Gasteiger partial charge in [0.15, 0.2) is 0 Å². The predicted molar refractivity (Wildman–Crippen MR) is 74.0 cm³/mol. The Morgan fingerprint density at radius 3 is 2.81 bits per heavy atom. The molecule has 0 saturated heterocycles. The molecule has 7 heteroatoms. The van der Waals surface area contributed by atoms with E-state index in [4.69, 9.17) is 0 Å². The third-order valence-electron chi connectivity index (χ3n) is 2.62. The third kappa shape index (κ3) is 4.07. The Morgan fingerprint density at radius 2 is 2.14 bits per heavy atom. The molecule has 0 radical (unpaired) electrons. The van der Waals surface area contributed by atoms with Gasteiger partial charge < -0.3 is 10.2 Å². The van der Waals surface area contributed by atoms with Crippen LogP contribution in [0.25, 0.3) is 0 Å². The molecule has 0 aliphatic heterocycles. The van der Waals surface area contributed by atoms with E-state index in [2.05, 4.69) is 15.3 Å². The van der Waals surface area contributed by atoms with Crippen LogP contribution in [0, 0.1) is 5.82 Å². The zero-order chi connectivity index (χ0) is 15.2. The summed E-state index contributed by atoms with van der Waals surface area (Å²) >= 11 is 0. The number of likely N-dealkylation sites (N-methyl/N-ethyl adjacent to an activating group) is 1. The van der Waals surface area contributed by atoms with E-state index in [-0.39, 0.29) is 12.2 Å². The quantitative estimate of drug-likeness (QED) is 0.921. The maximum absolute atomic E-state index is 13.0. The molecule has 2 rings (SSSR count). The van der Waals surface area contributed by atoms with Gasteiger partial charge in [0, 0.05) is 25.1 Å². The highest BCUT2D eigenvalue weighted by atomic mass is 19.1. The van der Waals surface area contributed by atoms with Gasteiger partial charge in [0.1, 0.15) is 11.5 Å². The lowest BCUT2D eigenvalue weighted by atomic mass is 10.3. The van der Waals surface area contributed by atoms with E-state index in [1.807, 2.05) is 0 Å². The summed E-state index contributed by atoms with van der Waals surface area (Å²) in [6, 6.07) is 5.52. The van der Waals surface area contributed by atoms with Gasteiger partial charge in [-0.15, -0.1) is 0 Å². The normalized spacial score (nSPS) is 10.0. The van der Waals surface area contributed by atoms with Crippen molar-refractivity contribution in [1.82, 2.24) is 14.9 Å². The van der Waals surface area contributed by atoms with Gasteiger partial charge in [0.25, 0.3) is 5.91 Å². The van der Waals surface area contributed by atoms with Crippen molar-refractivity contribution in [3.63, 3.8) is 0 Å². The number of benzene rings is 1. The summed E-state index contributed by atoms with van der Waals surface area (Å²) in [5, 5.41) is 2.51. The monoisotopic (exact) mass is 288 g/mol. The van der Waals surface area contributed by atoms with E-state index < -0.39 is 17.6 Å². The van der Waals surface area contributed by atoms with Crippen molar-refractivity contribution < 1.29 is 14.0 Å². The lowest BCUT2D eigenvalue weighted by Gasteiger charge is -2.16. The highest BCUT2D eigenvalue weighted by molar-refractivity contribution is 5.98. The Hall–Kier alpha value is -2.83. The average Bonchev–Trinajstić information content (AvgIpc) is 2.47. The molecule has 0 saturated carbocycles. The molecule has 21 heavy (non-hydrogen) atoms. The van der Waals surface area contributed by atoms with Crippen LogP contribution in [0.1, 0.15) is 10.5 Å². The zero-order valence-corrected chi connectivity index (χ0v) is 11.3. The second kappa shape index (κ2) is 6.56. The summed E-state index contributed by atoms with van der Waals surface area (Å²) in [7, 11) is 1.47. The van der Waals surface area contributed by atoms with Crippen LogP contribution >= 0.6 is 0 Å². The third-order valence-corrected chi connectivity index (χ3v) is 2.62. The number of halogens is 1. The van der Waals surface area contributed by atoms with E-state index in [0.717, 1.165) is 0 Å². The second-order valence-electron chi connectivity index (χ2n) is 4.31. The van der Waals surface area contributed by atoms with Crippen LogP contribution in [0.3, 0.4) is 0 Å². The summed E-state index contributed by atoms with van der Waals surface area (Å²) in [5.74, 6) is -1.30. The fourth-order valence-corrected chi connectivity index (χ4v) is 1.66. The molecule has 2 aromatic rings. The SMILES string of the molecule is CN(CC(=O)Nc1cccc(F)c1)C(=O)c1cnccn1. The Bertz CT molecular complexity index is 648. The highest BCUT2D eigenvalue weighted by Gasteiger charge is 2.16. The molecule has 108 valence electrons. The number of aromatic nitrogens is 2. The maximum atomic E-state index is 13.0. The standard InChI is InChI=1S/C14H13FN4O2/c1-19(14(21)12-8-16-5-6-17-12)9-13(20)18-11-4-2-3-10(15)7-11/h2-8H,9H2,1H3,(H,18,20). The number of rotatable bonds is 4. The largest absolute Gasteiger partial charge is 0.331 e. The minimum absolute atomic E-state index is 0.151. The van der Waals surface area contributed by atoms with E-state index >= 15 is 0 Å². The van der Waals surface area contributed by atoms with Crippen LogP contribution in [0.5, 0.6) is 0 Å². The molecule has 1 aromatic carbocycles. The van der Waals surface area contributed by atoms with E-state index in [1.165, 1.54) is 48.7 Å². The Balaban J connectivity index is 1.95. The van der Waals surface area contributed by atoms with Gasteiger partial charge in [-0.2, -0.15) is 0 Å². The van der Waals surface area contributed by atoms with Gasteiger partial charge >= 0.3 is 0 Å². The number of amides is 2. The minimum atomic E-state index is -0.447. The molecule has 2 amide bonds. The molecule has 1 N–H and O–H groups in total. The molecule has 0 fully saturated rings. The fraction of sp³-hybridized carbons (Fsp3) is 0.143. The molecule has 6 nitrogen and oxygen atoms in total. The van der Waals surface area contributed by atoms with Gasteiger partial charge in [-0.05, 0) is 18.2 Å². The first kappa shape index (κ1) is 14.6. The maximum Gasteiger partial charge on any atom is 0.274 e. The summed E-state index contributed by atoms with van der Waals surface area (Å²) < 4.78 is 13.0. The molecular weight excluding hydrogens is 275 g/mol. The van der Waals surface area contributed by atoms with Crippen LogP contribution in [0.2, 0.25) is 0 Å². The van der Waals surface area contributed by atoms with Gasteiger partial charge in [-0.1, -0.05) is 6.07 Å². The number of carbonyl (C=O) groups is 2. The van der Waals surface area contributed by atoms with Crippen LogP contribution in [0.15, 0.2) is 42.9 Å². The summed E-state index contributed by atoms with van der Waals surface area (Å²) in [6.07, 6.45) is 4.17. The lowest BCUT2D eigenvalue weighted by molar-refractivity contribution is -0.116. The molecule has 0 atom stereocenters. The summed E-state index contributed by atoms with van der Waals surface area (Å²) in [6.45, 7) is -0.175. The number of nitrogens with one attached hydrogen (secondary N) is 1. The topological polar surface area (TPSA) is 75.2 Å². The molecule has 0 bridgehead atoms. The van der Waals surface area contributed by atoms with Crippen molar-refractivity contribution in [3.8, 4) is 0 Å². The van der Waals surface area contributed by atoms with Crippen LogP contribution in [0.4, 0.5) is 10.1 Å². The number of nitrogens with zero attached hydrogens (tertiary/aromatic N) is 3. The molecule has 0 unspecified atom stereocenters. The molecule has 1 aromatic heterocycles. The van der Waals surface area contributed by atoms with Crippen LogP contribution in [-0.2, 0) is 4.79 Å². The smallest absolute Gasteiger partial charge is 0.274 e. The number of anilines is 1. The molecular formula is C14H13FN4O2. The van der Waals surface area contributed by atoms with Gasteiger partial charge in [-0.25, -0.2) is 9.37 Å². The van der Waals surface area contributed by atoms with Crippen molar-refractivity contribution in [2.45, 2.75) is 0 Å².